The van der Waals surface area contributed by atoms with Crippen LogP contribution in [0.15, 0.2) is 42.5 Å². The molecule has 1 atom stereocenters. The van der Waals surface area contributed by atoms with Gasteiger partial charge in [0.2, 0.25) is 0 Å². The fraction of sp³-hybridized carbons (Fsp3) is 0.0667. The third kappa shape index (κ3) is 2.09. The molecule has 1 aliphatic rings. The summed E-state index contributed by atoms with van der Waals surface area (Å²) in [7, 11) is 0. The Balaban J connectivity index is 2.22. The highest BCUT2D eigenvalue weighted by molar-refractivity contribution is 9.10. The van der Waals surface area contributed by atoms with Gasteiger partial charge in [0.15, 0.2) is 10.1 Å². The van der Waals surface area contributed by atoms with E-state index in [4.69, 9.17) is 23.2 Å². The molecule has 0 radical (unpaired) electrons. The van der Waals surface area contributed by atoms with Gasteiger partial charge in [-0.1, -0.05) is 69.5 Å². The van der Waals surface area contributed by atoms with Gasteiger partial charge >= 0.3 is 0 Å². The van der Waals surface area contributed by atoms with Crippen molar-refractivity contribution >= 4 is 56.5 Å². The Morgan fingerprint density at radius 3 is 2.33 bits per heavy atom. The van der Waals surface area contributed by atoms with Crippen molar-refractivity contribution in [1.82, 2.24) is 0 Å². The lowest BCUT2D eigenvalue weighted by molar-refractivity contribution is -0.117. The number of carbonyl (C=O) groups is 2. The molecule has 0 aliphatic carbocycles. The molecule has 1 aliphatic heterocycles. The molecule has 0 saturated carbocycles. The number of hydrogen-bond donors (Lipinski definition) is 1. The molecule has 0 fully saturated rings. The first-order valence-electron chi connectivity index (χ1n) is 6.05. The van der Waals surface area contributed by atoms with Gasteiger partial charge in [0.05, 0.1) is 15.7 Å². The first kappa shape index (κ1) is 14.6. The van der Waals surface area contributed by atoms with Crippen molar-refractivity contribution in [2.24, 2.45) is 0 Å². The number of halogens is 3. The van der Waals surface area contributed by atoms with Crippen LogP contribution in [-0.4, -0.2) is 11.7 Å². The molecule has 0 aromatic heterocycles. The normalized spacial score (nSPS) is 20.9. The van der Waals surface area contributed by atoms with Gasteiger partial charge in [0.25, 0.3) is 5.91 Å². The molecule has 1 heterocycles. The molecule has 6 heteroatoms. The van der Waals surface area contributed by atoms with E-state index in [1.165, 1.54) is 6.07 Å². The van der Waals surface area contributed by atoms with Gasteiger partial charge in [-0.2, -0.15) is 0 Å². The third-order valence-electron chi connectivity index (χ3n) is 3.38. The van der Waals surface area contributed by atoms with E-state index in [9.17, 15) is 9.59 Å². The summed E-state index contributed by atoms with van der Waals surface area (Å²) in [4.78, 5) is 25.3. The van der Waals surface area contributed by atoms with Gasteiger partial charge in [-0.15, -0.1) is 0 Å². The quantitative estimate of drug-likeness (QED) is 0.584. The molecular weight excluding hydrogens is 377 g/mol. The van der Waals surface area contributed by atoms with E-state index in [0.29, 0.717) is 11.1 Å². The molecule has 3 nitrogen and oxygen atoms in total. The molecule has 21 heavy (non-hydrogen) atoms. The highest BCUT2D eigenvalue weighted by Crippen LogP contribution is 2.45. The lowest BCUT2D eigenvalue weighted by atomic mass is 9.86. The number of carbonyl (C=O) groups excluding carboxylic acids is 2. The molecule has 1 N–H and O–H groups in total. The van der Waals surface area contributed by atoms with Crippen LogP contribution in [0.2, 0.25) is 10.0 Å². The average molecular weight is 385 g/mol. The molecule has 1 amide bonds. The molecule has 0 saturated heterocycles. The zero-order valence-electron chi connectivity index (χ0n) is 10.5. The Morgan fingerprint density at radius 1 is 1.00 bits per heavy atom. The van der Waals surface area contributed by atoms with Gasteiger partial charge in [0, 0.05) is 5.56 Å². The van der Waals surface area contributed by atoms with Crippen LogP contribution in [-0.2, 0) is 9.12 Å². The molecule has 0 unspecified atom stereocenters. The van der Waals surface area contributed by atoms with Gasteiger partial charge < -0.3 is 5.32 Å². The largest absolute Gasteiger partial charge is 0.322 e. The van der Waals surface area contributed by atoms with Gasteiger partial charge in [-0.3, -0.25) is 9.59 Å². The number of nitrogens with one attached hydrogen (secondary N) is 1. The Labute approximate surface area is 139 Å². The van der Waals surface area contributed by atoms with Crippen LogP contribution >= 0.6 is 39.1 Å². The Morgan fingerprint density at radius 2 is 1.67 bits per heavy atom. The highest BCUT2D eigenvalue weighted by Gasteiger charge is 2.49. The van der Waals surface area contributed by atoms with E-state index in [0.717, 1.165) is 0 Å². The fourth-order valence-corrected chi connectivity index (χ4v) is 3.23. The van der Waals surface area contributed by atoms with E-state index < -0.39 is 10.2 Å². The maximum absolute atomic E-state index is 12.8. The standard InChI is InChI=1S/C15H8BrCl2NO2/c16-15(8-4-2-1-3-5-8)13(20)9-6-7-10(17)11(18)12(9)19-14(15)21/h1-7H,(H,19,21)/t15-/m1/s1. The summed E-state index contributed by atoms with van der Waals surface area (Å²) in [5.74, 6) is -0.860. The number of fused-ring (bicyclic) bond motifs is 1. The predicted octanol–water partition coefficient (Wildman–Crippen LogP) is 4.42. The summed E-state index contributed by atoms with van der Waals surface area (Å²) in [6.45, 7) is 0. The molecule has 0 bridgehead atoms. The Kier molecular flexibility index (Phi) is 3.56. The summed E-state index contributed by atoms with van der Waals surface area (Å²) >= 11 is 15.3. The van der Waals surface area contributed by atoms with Gasteiger partial charge in [0.1, 0.15) is 0 Å². The Hall–Kier alpha value is -1.36. The topological polar surface area (TPSA) is 46.2 Å². The van der Waals surface area contributed by atoms with Crippen LogP contribution in [0.3, 0.4) is 0 Å². The predicted molar refractivity (Wildman–Crippen MR) is 86.5 cm³/mol. The Bertz CT molecular complexity index is 764. The van der Waals surface area contributed by atoms with Crippen molar-refractivity contribution in [1.29, 1.82) is 0 Å². The zero-order valence-corrected chi connectivity index (χ0v) is 13.6. The molecule has 2 aromatic rings. The first-order chi connectivity index (χ1) is 9.96. The van der Waals surface area contributed by atoms with Crippen molar-refractivity contribution in [3.05, 3.63) is 63.6 Å². The van der Waals surface area contributed by atoms with Gasteiger partial charge in [-0.05, 0) is 17.7 Å². The molecule has 106 valence electrons. The molecular formula is C15H8BrCl2NO2. The average Bonchev–Trinajstić information content (AvgIpc) is 2.50. The van der Waals surface area contributed by atoms with Crippen molar-refractivity contribution in [2.45, 2.75) is 4.32 Å². The van der Waals surface area contributed by atoms with E-state index >= 15 is 0 Å². The summed E-state index contributed by atoms with van der Waals surface area (Å²) < 4.78 is -1.46. The highest BCUT2D eigenvalue weighted by atomic mass is 79.9. The molecule has 2 aromatic carbocycles. The number of benzene rings is 2. The second kappa shape index (κ2) is 5.13. The second-order valence-corrected chi connectivity index (χ2v) is 6.57. The second-order valence-electron chi connectivity index (χ2n) is 4.59. The van der Waals surface area contributed by atoms with Crippen LogP contribution in [0.4, 0.5) is 5.69 Å². The number of ketones is 1. The lowest BCUT2D eigenvalue weighted by Crippen LogP contribution is -2.46. The van der Waals surface area contributed by atoms with E-state index in [2.05, 4.69) is 21.2 Å². The van der Waals surface area contributed by atoms with Crippen LogP contribution in [0, 0.1) is 0 Å². The van der Waals surface area contributed by atoms with Crippen molar-refractivity contribution in [3.63, 3.8) is 0 Å². The number of amides is 1. The van der Waals surface area contributed by atoms with E-state index in [-0.39, 0.29) is 21.5 Å². The van der Waals surface area contributed by atoms with E-state index in [1.54, 1.807) is 30.3 Å². The number of anilines is 1. The summed E-state index contributed by atoms with van der Waals surface area (Å²) in [6.07, 6.45) is 0. The minimum Gasteiger partial charge on any atom is -0.322 e. The number of rotatable bonds is 1. The third-order valence-corrected chi connectivity index (χ3v) is 5.36. The molecule has 3 rings (SSSR count). The zero-order chi connectivity index (χ0) is 15.2. The maximum atomic E-state index is 12.8. The lowest BCUT2D eigenvalue weighted by Gasteiger charge is -2.31. The van der Waals surface area contributed by atoms with Crippen LogP contribution in [0.25, 0.3) is 0 Å². The summed E-state index contributed by atoms with van der Waals surface area (Å²) in [5.41, 5.74) is 1.14. The minimum absolute atomic E-state index is 0.165. The van der Waals surface area contributed by atoms with Crippen molar-refractivity contribution in [3.8, 4) is 0 Å². The number of hydrogen-bond acceptors (Lipinski definition) is 2. The number of Topliss-reactive ketones (excluding diaryl/α,β-unsaturated/α-hetero) is 1. The van der Waals surface area contributed by atoms with Crippen molar-refractivity contribution in [2.75, 3.05) is 5.32 Å². The number of alkyl halides is 1. The summed E-state index contributed by atoms with van der Waals surface area (Å²) in [6, 6.07) is 11.9. The molecule has 0 spiro atoms. The van der Waals surface area contributed by atoms with Gasteiger partial charge in [-0.25, -0.2) is 0 Å². The first-order valence-corrected chi connectivity index (χ1v) is 7.60. The fourth-order valence-electron chi connectivity index (χ4n) is 2.28. The minimum atomic E-state index is -1.46. The summed E-state index contributed by atoms with van der Waals surface area (Å²) in [5, 5.41) is 3.11. The maximum Gasteiger partial charge on any atom is 0.253 e. The van der Waals surface area contributed by atoms with Crippen LogP contribution in [0.1, 0.15) is 15.9 Å². The van der Waals surface area contributed by atoms with Crippen molar-refractivity contribution < 1.29 is 9.59 Å². The van der Waals surface area contributed by atoms with E-state index in [1.807, 2.05) is 6.07 Å². The van der Waals surface area contributed by atoms with Crippen LogP contribution < -0.4 is 5.32 Å². The SMILES string of the molecule is O=C1Nc2c(ccc(Cl)c2Cl)C(=O)[C@]1(Br)c1ccccc1. The monoisotopic (exact) mass is 383 g/mol. The van der Waals surface area contributed by atoms with Crippen LogP contribution in [0.5, 0.6) is 0 Å². The smallest absolute Gasteiger partial charge is 0.253 e.